The zero-order valence-electron chi connectivity index (χ0n) is 9.27. The van der Waals surface area contributed by atoms with Gasteiger partial charge in [0, 0.05) is 23.0 Å². The van der Waals surface area contributed by atoms with E-state index in [4.69, 9.17) is 11.6 Å². The number of hydrogen-bond acceptors (Lipinski definition) is 2. The largest absolute Gasteiger partial charge is 0.386 e. The van der Waals surface area contributed by atoms with Gasteiger partial charge >= 0.3 is 0 Å². The summed E-state index contributed by atoms with van der Waals surface area (Å²) in [5.41, 5.74) is 1.70. The molecule has 2 aromatic rings. The van der Waals surface area contributed by atoms with E-state index in [1.807, 2.05) is 25.2 Å². The van der Waals surface area contributed by atoms with E-state index >= 15 is 0 Å². The van der Waals surface area contributed by atoms with E-state index in [1.54, 1.807) is 17.1 Å². The van der Waals surface area contributed by atoms with Crippen LogP contribution >= 0.6 is 27.5 Å². The van der Waals surface area contributed by atoms with Gasteiger partial charge in [-0.3, -0.25) is 0 Å². The van der Waals surface area contributed by atoms with E-state index in [0.29, 0.717) is 11.4 Å². The molecule has 2 rings (SSSR count). The molecule has 1 aromatic heterocycles. The van der Waals surface area contributed by atoms with Gasteiger partial charge in [-0.15, -0.1) is 0 Å². The normalized spacial score (nSPS) is 12.7. The lowest BCUT2D eigenvalue weighted by Gasteiger charge is -2.12. The zero-order valence-corrected chi connectivity index (χ0v) is 11.6. The van der Waals surface area contributed by atoms with Crippen LogP contribution in [0, 0.1) is 0 Å². The molecule has 0 saturated heterocycles. The lowest BCUT2D eigenvalue weighted by atomic mass is 10.1. The highest BCUT2D eigenvalue weighted by atomic mass is 79.9. The maximum atomic E-state index is 10.1. The van der Waals surface area contributed by atoms with E-state index in [2.05, 4.69) is 20.9 Å². The molecule has 0 saturated carbocycles. The average Bonchev–Trinajstić information content (AvgIpc) is 2.68. The molecule has 0 amide bonds. The first-order valence-electron chi connectivity index (χ1n) is 5.16. The summed E-state index contributed by atoms with van der Waals surface area (Å²) in [6, 6.07) is 5.65. The Hall–Kier alpha value is -0.840. The molecule has 1 unspecified atom stereocenters. The summed E-state index contributed by atoms with van der Waals surface area (Å²) < 4.78 is 2.73. The van der Waals surface area contributed by atoms with Crippen molar-refractivity contribution >= 4 is 27.5 Å². The van der Waals surface area contributed by atoms with Crippen LogP contribution in [0.15, 0.2) is 35.2 Å². The standard InChI is InChI=1S/C12H12BrClN2O/c1-16-7-15-6-11(16)12(17)4-8-2-3-9(13)5-10(8)14/h2-3,5-7,12,17H,4H2,1H3. The first-order chi connectivity index (χ1) is 8.08. The van der Waals surface area contributed by atoms with Crippen molar-refractivity contribution in [1.29, 1.82) is 0 Å². The Morgan fingerprint density at radius 3 is 2.88 bits per heavy atom. The number of aliphatic hydroxyl groups excluding tert-OH is 1. The highest BCUT2D eigenvalue weighted by molar-refractivity contribution is 9.10. The van der Waals surface area contributed by atoms with E-state index in [9.17, 15) is 5.11 Å². The van der Waals surface area contributed by atoms with Gasteiger partial charge in [0.05, 0.1) is 24.3 Å². The van der Waals surface area contributed by atoms with Crippen molar-refractivity contribution < 1.29 is 5.11 Å². The van der Waals surface area contributed by atoms with Crippen LogP contribution in [-0.4, -0.2) is 14.7 Å². The lowest BCUT2D eigenvalue weighted by Crippen LogP contribution is -2.06. The summed E-state index contributed by atoms with van der Waals surface area (Å²) in [7, 11) is 1.86. The molecule has 1 heterocycles. The van der Waals surface area contributed by atoms with Gasteiger partial charge in [0.15, 0.2) is 0 Å². The number of imidazole rings is 1. The minimum absolute atomic E-state index is 0.478. The first-order valence-corrected chi connectivity index (χ1v) is 6.33. The van der Waals surface area contributed by atoms with Gasteiger partial charge in [-0.05, 0) is 17.7 Å². The topological polar surface area (TPSA) is 38.0 Å². The molecule has 0 radical (unpaired) electrons. The van der Waals surface area contributed by atoms with Crippen LogP contribution in [0.5, 0.6) is 0 Å². The van der Waals surface area contributed by atoms with Crippen molar-refractivity contribution in [2.45, 2.75) is 12.5 Å². The minimum Gasteiger partial charge on any atom is -0.386 e. The number of rotatable bonds is 3. The molecule has 0 aliphatic rings. The number of nitrogens with zero attached hydrogens (tertiary/aromatic N) is 2. The van der Waals surface area contributed by atoms with Crippen molar-refractivity contribution in [2.75, 3.05) is 0 Å². The van der Waals surface area contributed by atoms with Crippen molar-refractivity contribution in [3.05, 3.63) is 51.5 Å². The average molecular weight is 316 g/mol. The van der Waals surface area contributed by atoms with Crippen LogP contribution in [0.1, 0.15) is 17.4 Å². The quantitative estimate of drug-likeness (QED) is 0.945. The summed E-state index contributed by atoms with van der Waals surface area (Å²) in [4.78, 5) is 3.98. The first kappa shape index (κ1) is 12.6. The Morgan fingerprint density at radius 1 is 1.53 bits per heavy atom. The number of aryl methyl sites for hydroxylation is 1. The summed E-state index contributed by atoms with van der Waals surface area (Å²) in [5, 5.41) is 10.8. The molecule has 0 aliphatic carbocycles. The van der Waals surface area contributed by atoms with Gasteiger partial charge in [0.25, 0.3) is 0 Å². The van der Waals surface area contributed by atoms with Gasteiger partial charge in [-0.25, -0.2) is 4.98 Å². The van der Waals surface area contributed by atoms with Gasteiger partial charge in [0.1, 0.15) is 0 Å². The summed E-state index contributed by atoms with van der Waals surface area (Å²) in [6.07, 6.45) is 3.21. The van der Waals surface area contributed by atoms with Crippen LogP contribution in [-0.2, 0) is 13.5 Å². The Balaban J connectivity index is 2.19. The Morgan fingerprint density at radius 2 is 2.29 bits per heavy atom. The molecule has 1 atom stereocenters. The second-order valence-corrected chi connectivity index (χ2v) is 5.21. The Labute approximate surface area is 113 Å². The summed E-state index contributed by atoms with van der Waals surface area (Å²) in [5.74, 6) is 0. The number of aromatic nitrogens is 2. The molecule has 1 N–H and O–H groups in total. The maximum absolute atomic E-state index is 10.1. The van der Waals surface area contributed by atoms with Gasteiger partial charge in [-0.2, -0.15) is 0 Å². The van der Waals surface area contributed by atoms with E-state index in [-0.39, 0.29) is 0 Å². The number of hydrogen-bond donors (Lipinski definition) is 1. The van der Waals surface area contributed by atoms with E-state index in [1.165, 1.54) is 0 Å². The maximum Gasteiger partial charge on any atom is 0.0996 e. The SMILES string of the molecule is Cn1cncc1C(O)Cc1ccc(Br)cc1Cl. The highest BCUT2D eigenvalue weighted by Gasteiger charge is 2.13. The fraction of sp³-hybridized carbons (Fsp3) is 0.250. The third-order valence-corrected chi connectivity index (χ3v) is 3.47. The van der Waals surface area contributed by atoms with Gasteiger partial charge < -0.3 is 9.67 Å². The monoisotopic (exact) mass is 314 g/mol. The van der Waals surface area contributed by atoms with Crippen LogP contribution in [0.3, 0.4) is 0 Å². The Kier molecular flexibility index (Phi) is 3.86. The molecular weight excluding hydrogens is 304 g/mol. The molecule has 1 aromatic carbocycles. The van der Waals surface area contributed by atoms with Crippen LogP contribution < -0.4 is 0 Å². The summed E-state index contributed by atoms with van der Waals surface area (Å²) in [6.45, 7) is 0. The third kappa shape index (κ3) is 2.89. The minimum atomic E-state index is -0.596. The van der Waals surface area contributed by atoms with Crippen molar-refractivity contribution in [3.8, 4) is 0 Å². The van der Waals surface area contributed by atoms with Crippen LogP contribution in [0.2, 0.25) is 5.02 Å². The van der Waals surface area contributed by atoms with E-state index < -0.39 is 6.10 Å². The second-order valence-electron chi connectivity index (χ2n) is 3.89. The van der Waals surface area contributed by atoms with Crippen LogP contribution in [0.25, 0.3) is 0 Å². The number of aliphatic hydroxyl groups is 1. The van der Waals surface area contributed by atoms with Crippen molar-refractivity contribution in [2.24, 2.45) is 7.05 Å². The molecule has 0 fully saturated rings. The molecule has 3 nitrogen and oxygen atoms in total. The predicted octanol–water partition coefficient (Wildman–Crippen LogP) is 3.11. The van der Waals surface area contributed by atoms with Gasteiger partial charge in [-0.1, -0.05) is 33.6 Å². The molecule has 5 heteroatoms. The summed E-state index contributed by atoms with van der Waals surface area (Å²) >= 11 is 9.46. The predicted molar refractivity (Wildman–Crippen MR) is 71.0 cm³/mol. The Bertz CT molecular complexity index is 527. The molecule has 17 heavy (non-hydrogen) atoms. The fourth-order valence-corrected chi connectivity index (χ4v) is 2.44. The number of halogens is 2. The smallest absolute Gasteiger partial charge is 0.0996 e. The fourth-order valence-electron chi connectivity index (χ4n) is 1.69. The molecule has 0 bridgehead atoms. The molecule has 0 aliphatic heterocycles. The number of benzene rings is 1. The van der Waals surface area contributed by atoms with Crippen LogP contribution in [0.4, 0.5) is 0 Å². The highest BCUT2D eigenvalue weighted by Crippen LogP contribution is 2.26. The molecular formula is C12H12BrClN2O. The second kappa shape index (κ2) is 5.21. The van der Waals surface area contributed by atoms with Crippen molar-refractivity contribution in [1.82, 2.24) is 9.55 Å². The van der Waals surface area contributed by atoms with Crippen molar-refractivity contribution in [3.63, 3.8) is 0 Å². The zero-order chi connectivity index (χ0) is 12.4. The molecule has 0 spiro atoms. The van der Waals surface area contributed by atoms with E-state index in [0.717, 1.165) is 15.7 Å². The van der Waals surface area contributed by atoms with Gasteiger partial charge in [0.2, 0.25) is 0 Å². The molecule has 90 valence electrons. The lowest BCUT2D eigenvalue weighted by molar-refractivity contribution is 0.170. The third-order valence-electron chi connectivity index (χ3n) is 2.62.